The molecule has 2 aromatic rings. The minimum absolute atomic E-state index is 0.197. The molecular weight excluding hydrogens is 282 g/mol. The number of aryl methyl sites for hydroxylation is 1. The fraction of sp³-hybridized carbons (Fsp3) is 0.500. The van der Waals surface area contributed by atoms with Crippen LogP contribution < -0.4 is 15.2 Å². The number of methoxy groups -OCH3 is 1. The normalized spacial score (nSPS) is 16.7. The van der Waals surface area contributed by atoms with Gasteiger partial charge in [-0.15, -0.1) is 0 Å². The first kappa shape index (κ1) is 14.8. The van der Waals surface area contributed by atoms with Gasteiger partial charge in [-0.25, -0.2) is 0 Å². The predicted octanol–water partition coefficient (Wildman–Crippen LogP) is 2.69. The Hall–Kier alpha value is -2.08. The molecule has 1 fully saturated rings. The minimum atomic E-state index is -0.441. The van der Waals surface area contributed by atoms with Gasteiger partial charge < -0.3 is 19.7 Å². The first-order valence-corrected chi connectivity index (χ1v) is 7.50. The molecule has 1 heterocycles. The molecule has 0 atom stereocenters. The van der Waals surface area contributed by atoms with Crippen LogP contribution in [0.1, 0.15) is 43.0 Å². The number of ether oxygens (including phenoxy) is 2. The molecule has 22 heavy (non-hydrogen) atoms. The number of nitrogens with two attached hydrogens (primary N) is 1. The summed E-state index contributed by atoms with van der Waals surface area (Å²) in [6, 6.07) is 5.75. The van der Waals surface area contributed by atoms with Crippen LogP contribution in [0.3, 0.4) is 0 Å². The number of nitrogens with zero attached hydrogens (tertiary/aromatic N) is 2. The number of hydrogen-bond acceptors (Lipinski definition) is 6. The lowest BCUT2D eigenvalue weighted by atomic mass is 9.99. The zero-order chi connectivity index (χ0) is 15.6. The molecule has 1 aliphatic carbocycles. The second-order valence-electron chi connectivity index (χ2n) is 5.82. The zero-order valence-corrected chi connectivity index (χ0v) is 13.0. The van der Waals surface area contributed by atoms with E-state index >= 15 is 0 Å². The third-order valence-corrected chi connectivity index (χ3v) is 4.08. The third kappa shape index (κ3) is 2.92. The second kappa shape index (κ2) is 5.96. The minimum Gasteiger partial charge on any atom is -0.493 e. The maximum atomic E-state index is 6.32. The molecule has 3 rings (SSSR count). The molecule has 0 aliphatic heterocycles. The Balaban J connectivity index is 1.69. The Bertz CT molecular complexity index is 648. The van der Waals surface area contributed by atoms with Gasteiger partial charge in [-0.3, -0.25) is 0 Å². The van der Waals surface area contributed by atoms with Crippen LogP contribution in [-0.4, -0.2) is 17.3 Å². The van der Waals surface area contributed by atoms with Crippen LogP contribution in [0.25, 0.3) is 0 Å². The molecule has 0 spiro atoms. The van der Waals surface area contributed by atoms with Crippen molar-refractivity contribution < 1.29 is 14.0 Å². The van der Waals surface area contributed by atoms with E-state index in [4.69, 9.17) is 19.7 Å². The van der Waals surface area contributed by atoms with Gasteiger partial charge in [0.2, 0.25) is 0 Å². The van der Waals surface area contributed by atoms with Gasteiger partial charge in [-0.05, 0) is 37.5 Å². The third-order valence-electron chi connectivity index (χ3n) is 4.08. The maximum absolute atomic E-state index is 6.32. The smallest absolute Gasteiger partial charge is 0.264 e. The van der Waals surface area contributed by atoms with Crippen LogP contribution in [0.4, 0.5) is 0 Å². The quantitative estimate of drug-likeness (QED) is 0.914. The van der Waals surface area contributed by atoms with Crippen LogP contribution in [-0.2, 0) is 12.1 Å². The van der Waals surface area contributed by atoms with Gasteiger partial charge >= 0.3 is 0 Å². The van der Waals surface area contributed by atoms with Crippen molar-refractivity contribution in [3.8, 4) is 11.5 Å². The summed E-state index contributed by atoms with van der Waals surface area (Å²) in [5.74, 6) is 2.34. The van der Waals surface area contributed by atoms with E-state index in [9.17, 15) is 0 Å². The average Bonchev–Trinajstić information content (AvgIpc) is 3.16. The maximum Gasteiger partial charge on any atom is 0.264 e. The number of aromatic nitrogens is 2. The van der Waals surface area contributed by atoms with E-state index in [2.05, 4.69) is 10.1 Å². The van der Waals surface area contributed by atoms with Crippen LogP contribution in [0.2, 0.25) is 0 Å². The number of benzene rings is 1. The van der Waals surface area contributed by atoms with Crippen LogP contribution in [0.15, 0.2) is 22.7 Å². The molecule has 6 heteroatoms. The Morgan fingerprint density at radius 2 is 2.05 bits per heavy atom. The lowest BCUT2D eigenvalue weighted by Gasteiger charge is -2.17. The molecule has 1 aliphatic rings. The van der Waals surface area contributed by atoms with Crippen LogP contribution in [0.5, 0.6) is 11.5 Å². The van der Waals surface area contributed by atoms with Crippen LogP contribution >= 0.6 is 0 Å². The van der Waals surface area contributed by atoms with Gasteiger partial charge in [0.25, 0.3) is 5.89 Å². The van der Waals surface area contributed by atoms with Crippen LogP contribution in [0, 0.1) is 6.92 Å². The summed E-state index contributed by atoms with van der Waals surface area (Å²) >= 11 is 0. The number of hydrogen-bond donors (Lipinski definition) is 1. The van der Waals surface area contributed by atoms with Crippen molar-refractivity contribution in [2.45, 2.75) is 44.8 Å². The molecule has 0 radical (unpaired) electrons. The van der Waals surface area contributed by atoms with Crippen molar-refractivity contribution in [2.24, 2.45) is 5.73 Å². The van der Waals surface area contributed by atoms with Crippen molar-refractivity contribution >= 4 is 0 Å². The van der Waals surface area contributed by atoms with Crippen molar-refractivity contribution in [1.29, 1.82) is 0 Å². The molecule has 0 saturated heterocycles. The molecule has 118 valence electrons. The Morgan fingerprint density at radius 1 is 1.27 bits per heavy atom. The summed E-state index contributed by atoms with van der Waals surface area (Å²) in [7, 11) is 1.62. The first-order chi connectivity index (χ1) is 10.6. The summed E-state index contributed by atoms with van der Waals surface area (Å²) in [4.78, 5) is 4.38. The zero-order valence-electron chi connectivity index (χ0n) is 13.0. The number of rotatable bonds is 5. The molecular formula is C16H21N3O3. The van der Waals surface area contributed by atoms with Crippen molar-refractivity contribution in [3.63, 3.8) is 0 Å². The van der Waals surface area contributed by atoms with Gasteiger partial charge in [0.1, 0.15) is 0 Å². The van der Waals surface area contributed by atoms with E-state index in [1.54, 1.807) is 7.11 Å². The molecule has 0 bridgehead atoms. The molecule has 0 unspecified atom stereocenters. The van der Waals surface area contributed by atoms with E-state index in [-0.39, 0.29) is 6.61 Å². The van der Waals surface area contributed by atoms with Gasteiger partial charge in [0.05, 0.1) is 12.6 Å². The van der Waals surface area contributed by atoms with E-state index in [1.807, 2.05) is 25.1 Å². The highest BCUT2D eigenvalue weighted by Gasteiger charge is 2.35. The predicted molar refractivity (Wildman–Crippen MR) is 80.7 cm³/mol. The van der Waals surface area contributed by atoms with Gasteiger partial charge in [0.15, 0.2) is 23.9 Å². The molecule has 6 nitrogen and oxygen atoms in total. The average molecular weight is 303 g/mol. The fourth-order valence-corrected chi connectivity index (χ4v) is 2.78. The highest BCUT2D eigenvalue weighted by Crippen LogP contribution is 2.34. The molecule has 2 N–H and O–H groups in total. The summed E-state index contributed by atoms with van der Waals surface area (Å²) in [6.07, 6.45) is 4.02. The standard InChI is InChI=1S/C16H21N3O3/c1-11-5-6-12(13(9-11)20-2)21-10-14-18-15(19-22-14)16(17)7-3-4-8-16/h5-6,9H,3-4,7-8,10,17H2,1-2H3. The monoisotopic (exact) mass is 303 g/mol. The van der Waals surface area contributed by atoms with Gasteiger partial charge in [0, 0.05) is 0 Å². The highest BCUT2D eigenvalue weighted by molar-refractivity contribution is 5.42. The van der Waals surface area contributed by atoms with Crippen molar-refractivity contribution in [2.75, 3.05) is 7.11 Å². The summed E-state index contributed by atoms with van der Waals surface area (Å²) in [5.41, 5.74) is 6.98. The Labute approximate surface area is 129 Å². The first-order valence-electron chi connectivity index (χ1n) is 7.50. The van der Waals surface area contributed by atoms with E-state index < -0.39 is 5.54 Å². The lowest BCUT2D eigenvalue weighted by molar-refractivity contribution is 0.232. The Morgan fingerprint density at radius 3 is 2.77 bits per heavy atom. The summed E-state index contributed by atoms with van der Waals surface area (Å²) < 4.78 is 16.3. The molecule has 1 saturated carbocycles. The molecule has 1 aromatic heterocycles. The molecule has 0 amide bonds. The SMILES string of the molecule is COc1cc(C)ccc1OCc1nc(C2(N)CCCC2)no1. The van der Waals surface area contributed by atoms with E-state index in [0.29, 0.717) is 23.2 Å². The summed E-state index contributed by atoms with van der Waals surface area (Å²) in [6.45, 7) is 2.20. The lowest BCUT2D eigenvalue weighted by Crippen LogP contribution is -2.34. The van der Waals surface area contributed by atoms with Gasteiger partial charge in [-0.2, -0.15) is 4.98 Å². The topological polar surface area (TPSA) is 83.4 Å². The highest BCUT2D eigenvalue weighted by atomic mass is 16.5. The van der Waals surface area contributed by atoms with E-state index in [1.165, 1.54) is 0 Å². The fourth-order valence-electron chi connectivity index (χ4n) is 2.78. The summed E-state index contributed by atoms with van der Waals surface area (Å²) in [5, 5.41) is 4.02. The van der Waals surface area contributed by atoms with Gasteiger partial charge in [-0.1, -0.05) is 24.1 Å². The Kier molecular flexibility index (Phi) is 4.02. The molecule has 1 aromatic carbocycles. The second-order valence-corrected chi connectivity index (χ2v) is 5.82. The van der Waals surface area contributed by atoms with Crippen molar-refractivity contribution in [3.05, 3.63) is 35.5 Å². The van der Waals surface area contributed by atoms with Crippen molar-refractivity contribution in [1.82, 2.24) is 10.1 Å². The largest absolute Gasteiger partial charge is 0.493 e. The van der Waals surface area contributed by atoms with E-state index in [0.717, 1.165) is 31.2 Å².